The molecule has 2 aromatic heterocycles. The second-order valence-electron chi connectivity index (χ2n) is 9.67. The molecule has 0 radical (unpaired) electrons. The molecule has 0 bridgehead atoms. The van der Waals surface area contributed by atoms with Gasteiger partial charge in [0.25, 0.3) is 0 Å². The molecule has 2 amide bonds. The summed E-state index contributed by atoms with van der Waals surface area (Å²) < 4.78 is 7.82. The first-order chi connectivity index (χ1) is 17.4. The molecule has 2 aromatic carbocycles. The number of benzene rings is 2. The van der Waals surface area contributed by atoms with Gasteiger partial charge in [-0.2, -0.15) is 5.10 Å². The molecule has 0 unspecified atom stereocenters. The van der Waals surface area contributed by atoms with Crippen molar-refractivity contribution in [1.82, 2.24) is 14.8 Å². The van der Waals surface area contributed by atoms with Crippen LogP contribution >= 0.6 is 0 Å². The normalized spacial score (nSPS) is 17.2. The number of carbonyl (C=O) groups excluding carboxylic acids is 2. The van der Waals surface area contributed by atoms with E-state index in [1.165, 1.54) is 0 Å². The number of pyridine rings is 1. The van der Waals surface area contributed by atoms with E-state index in [1.54, 1.807) is 22.8 Å². The van der Waals surface area contributed by atoms with Crippen molar-refractivity contribution >= 4 is 34.3 Å². The Morgan fingerprint density at radius 2 is 1.83 bits per heavy atom. The van der Waals surface area contributed by atoms with E-state index in [1.807, 2.05) is 73.4 Å². The Labute approximate surface area is 209 Å². The molecule has 2 aliphatic rings. The highest BCUT2D eigenvalue weighted by molar-refractivity contribution is 6.03. The van der Waals surface area contributed by atoms with Crippen LogP contribution in [-0.2, 0) is 4.79 Å². The van der Waals surface area contributed by atoms with Crippen molar-refractivity contribution in [2.75, 3.05) is 16.3 Å². The number of rotatable bonds is 3. The maximum Gasteiger partial charge on any atom is 0.419 e. The molecule has 1 fully saturated rings. The quantitative estimate of drug-likeness (QED) is 0.386. The van der Waals surface area contributed by atoms with Gasteiger partial charge in [0.2, 0.25) is 5.91 Å². The molecule has 1 aliphatic heterocycles. The minimum absolute atomic E-state index is 0.0663. The summed E-state index contributed by atoms with van der Waals surface area (Å²) in [6.45, 7) is 5.75. The van der Waals surface area contributed by atoms with E-state index in [-0.39, 0.29) is 11.9 Å². The third kappa shape index (κ3) is 3.98. The lowest BCUT2D eigenvalue weighted by Gasteiger charge is -2.40. The highest BCUT2D eigenvalue weighted by atomic mass is 16.6. The average Bonchev–Trinajstić information content (AvgIpc) is 3.59. The fraction of sp³-hybridized carbons (Fsp3) is 0.286. The van der Waals surface area contributed by atoms with Gasteiger partial charge in [0.1, 0.15) is 5.75 Å². The van der Waals surface area contributed by atoms with Gasteiger partial charge in [-0.3, -0.25) is 19.4 Å². The van der Waals surface area contributed by atoms with Crippen LogP contribution in [-0.4, -0.2) is 39.4 Å². The van der Waals surface area contributed by atoms with Crippen molar-refractivity contribution in [1.29, 1.82) is 0 Å². The van der Waals surface area contributed by atoms with Gasteiger partial charge in [-0.1, -0.05) is 12.1 Å². The molecule has 8 nitrogen and oxygen atoms in total. The second-order valence-corrected chi connectivity index (χ2v) is 9.67. The highest BCUT2D eigenvalue weighted by Gasteiger charge is 2.35. The van der Waals surface area contributed by atoms with E-state index < -0.39 is 6.09 Å². The lowest BCUT2D eigenvalue weighted by molar-refractivity contribution is -0.117. The van der Waals surface area contributed by atoms with Crippen molar-refractivity contribution in [2.45, 2.75) is 45.7 Å². The number of aryl methyl sites for hydroxylation is 1. The summed E-state index contributed by atoms with van der Waals surface area (Å²) in [6.07, 6.45) is 5.71. The van der Waals surface area contributed by atoms with Crippen LogP contribution in [0.25, 0.3) is 22.0 Å². The summed E-state index contributed by atoms with van der Waals surface area (Å²) >= 11 is 0. The molecule has 1 aliphatic carbocycles. The smallest absolute Gasteiger partial charge is 0.410 e. The molecular weight excluding hydrogens is 454 g/mol. The largest absolute Gasteiger partial charge is 0.419 e. The highest BCUT2D eigenvalue weighted by Crippen LogP contribution is 2.40. The van der Waals surface area contributed by atoms with Crippen LogP contribution in [0.3, 0.4) is 0 Å². The number of nitrogens with zero attached hydrogens (tertiary/aromatic N) is 5. The maximum atomic E-state index is 13.5. The molecule has 8 heteroatoms. The van der Waals surface area contributed by atoms with E-state index in [0.717, 1.165) is 40.6 Å². The number of hydrogen-bond acceptors (Lipinski definition) is 5. The van der Waals surface area contributed by atoms with Gasteiger partial charge in [0.05, 0.1) is 35.2 Å². The molecule has 0 spiro atoms. The molecule has 1 atom stereocenters. The second kappa shape index (κ2) is 8.48. The Kier molecular flexibility index (Phi) is 5.25. The summed E-state index contributed by atoms with van der Waals surface area (Å²) in [5, 5.41) is 5.40. The molecule has 36 heavy (non-hydrogen) atoms. The summed E-state index contributed by atoms with van der Waals surface area (Å²) in [7, 11) is 0. The van der Waals surface area contributed by atoms with E-state index in [4.69, 9.17) is 4.74 Å². The first kappa shape index (κ1) is 22.3. The fourth-order valence-corrected chi connectivity index (χ4v) is 4.91. The topological polar surface area (TPSA) is 80.6 Å². The van der Waals surface area contributed by atoms with Gasteiger partial charge in [-0.05, 0) is 68.7 Å². The van der Waals surface area contributed by atoms with Crippen LogP contribution in [0.5, 0.6) is 5.75 Å². The number of amides is 2. The third-order valence-corrected chi connectivity index (χ3v) is 6.83. The van der Waals surface area contributed by atoms with Crippen molar-refractivity contribution in [3.05, 3.63) is 66.6 Å². The molecule has 1 saturated carbocycles. The van der Waals surface area contributed by atoms with Gasteiger partial charge in [0, 0.05) is 36.3 Å². The lowest BCUT2D eigenvalue weighted by Crippen LogP contribution is -2.52. The first-order valence-electron chi connectivity index (χ1n) is 12.2. The van der Waals surface area contributed by atoms with Crippen molar-refractivity contribution in [3.63, 3.8) is 0 Å². The number of aromatic nitrogens is 3. The van der Waals surface area contributed by atoms with Gasteiger partial charge < -0.3 is 9.64 Å². The zero-order chi connectivity index (χ0) is 25.0. The van der Waals surface area contributed by atoms with Crippen LogP contribution in [0.1, 0.15) is 38.4 Å². The first-order valence-corrected chi connectivity index (χ1v) is 12.2. The molecule has 0 N–H and O–H groups in total. The Morgan fingerprint density at radius 1 is 1.00 bits per heavy atom. The third-order valence-electron chi connectivity index (χ3n) is 6.83. The van der Waals surface area contributed by atoms with Crippen molar-refractivity contribution < 1.29 is 14.3 Å². The molecule has 3 heterocycles. The van der Waals surface area contributed by atoms with E-state index in [0.29, 0.717) is 29.7 Å². The summed E-state index contributed by atoms with van der Waals surface area (Å²) in [4.78, 5) is 33.8. The number of carbonyl (C=O) groups is 2. The minimum atomic E-state index is -0.489. The van der Waals surface area contributed by atoms with Crippen LogP contribution < -0.4 is 14.5 Å². The van der Waals surface area contributed by atoms with Crippen molar-refractivity contribution in [2.24, 2.45) is 0 Å². The van der Waals surface area contributed by atoms with E-state index in [2.05, 4.69) is 10.1 Å². The predicted octanol–water partition coefficient (Wildman–Crippen LogP) is 5.50. The lowest BCUT2D eigenvalue weighted by atomic mass is 10.0. The van der Waals surface area contributed by atoms with Gasteiger partial charge in [0.15, 0.2) is 0 Å². The standard InChI is InChI=1S/C28H27N5O3/c1-17-4-5-21-12-24(9-10-25(21)30-17)36-28(35)31-15-18(2)33(19(3)34)26-11-6-20(13-27(26)31)22-14-29-32(16-22)23-7-8-23/h4-6,9-14,16,18,23H,7-8,15H2,1-3H3/t18-/m0/s1. The Balaban J connectivity index is 1.35. The van der Waals surface area contributed by atoms with Gasteiger partial charge >= 0.3 is 6.09 Å². The minimum Gasteiger partial charge on any atom is -0.410 e. The molecule has 0 saturated heterocycles. The number of anilines is 2. The monoisotopic (exact) mass is 481 g/mol. The molecular formula is C28H27N5O3. The van der Waals surface area contributed by atoms with E-state index in [9.17, 15) is 9.59 Å². The van der Waals surface area contributed by atoms with Crippen LogP contribution in [0.2, 0.25) is 0 Å². The van der Waals surface area contributed by atoms with E-state index >= 15 is 0 Å². The van der Waals surface area contributed by atoms with Gasteiger partial charge in [-0.15, -0.1) is 0 Å². The zero-order valence-corrected chi connectivity index (χ0v) is 20.5. The number of fused-ring (bicyclic) bond motifs is 2. The fourth-order valence-electron chi connectivity index (χ4n) is 4.91. The zero-order valence-electron chi connectivity index (χ0n) is 20.5. The van der Waals surface area contributed by atoms with Gasteiger partial charge in [-0.25, -0.2) is 4.79 Å². The summed E-state index contributed by atoms with van der Waals surface area (Å²) in [5.74, 6) is 0.381. The Hall–Kier alpha value is -4.20. The Bertz CT molecular complexity index is 1510. The number of hydrogen-bond donors (Lipinski definition) is 0. The average molecular weight is 482 g/mol. The van der Waals surface area contributed by atoms with Crippen LogP contribution in [0.4, 0.5) is 16.2 Å². The predicted molar refractivity (Wildman–Crippen MR) is 138 cm³/mol. The van der Waals surface area contributed by atoms with Crippen LogP contribution in [0, 0.1) is 6.92 Å². The summed E-state index contributed by atoms with van der Waals surface area (Å²) in [6, 6.07) is 15.4. The molecule has 182 valence electrons. The number of ether oxygens (including phenoxy) is 1. The summed E-state index contributed by atoms with van der Waals surface area (Å²) in [5.41, 5.74) is 5.02. The maximum absolute atomic E-state index is 13.5. The molecule has 6 rings (SSSR count). The van der Waals surface area contributed by atoms with Crippen LogP contribution in [0.15, 0.2) is 60.9 Å². The molecule has 4 aromatic rings. The SMILES string of the molecule is CC(=O)N1c2ccc(-c3cnn(C4CC4)c3)cc2N(C(=O)Oc2ccc3nc(C)ccc3c2)C[C@@H]1C. The van der Waals surface area contributed by atoms with Crippen molar-refractivity contribution in [3.8, 4) is 16.9 Å². The Morgan fingerprint density at radius 3 is 2.61 bits per heavy atom.